The van der Waals surface area contributed by atoms with E-state index in [1.54, 1.807) is 16.0 Å². The minimum Gasteiger partial charge on any atom is -0.314 e. The van der Waals surface area contributed by atoms with Crippen LogP contribution in [0.15, 0.2) is 23.5 Å². The van der Waals surface area contributed by atoms with Crippen LogP contribution in [0.25, 0.3) is 0 Å². The fraction of sp³-hybridized carbons (Fsp3) is 0.889. The first-order chi connectivity index (χ1) is 29.0. The summed E-state index contributed by atoms with van der Waals surface area (Å²) in [4.78, 5) is 30.6. The zero-order valence-corrected chi connectivity index (χ0v) is 39.6. The van der Waals surface area contributed by atoms with Gasteiger partial charge in [-0.15, -0.1) is 0 Å². The molecule has 0 aromatic heterocycles. The van der Waals surface area contributed by atoms with Crippen LogP contribution in [0.2, 0.25) is 0 Å². The molecule has 2 aliphatic rings. The van der Waals surface area contributed by atoms with Crippen molar-refractivity contribution in [3.63, 3.8) is 0 Å². The van der Waals surface area contributed by atoms with Gasteiger partial charge in [0.15, 0.2) is 0 Å². The third kappa shape index (κ3) is 25.3. The molecule has 0 saturated carbocycles. The van der Waals surface area contributed by atoms with Gasteiger partial charge in [0.25, 0.3) is 11.8 Å². The van der Waals surface area contributed by atoms with Gasteiger partial charge in [-0.3, -0.25) is 9.59 Å². The monoisotopic (exact) mass is 810 g/mol. The number of nitrogens with zero attached hydrogens (tertiary/aromatic N) is 2. The Bertz CT molecular complexity index is 1060. The van der Waals surface area contributed by atoms with E-state index in [1.807, 2.05) is 0 Å². The quantitative estimate of drug-likeness (QED) is 0.0575. The van der Waals surface area contributed by atoms with Crippen LogP contribution in [0.1, 0.15) is 286 Å². The second kappa shape index (κ2) is 37.2. The molecule has 2 rings (SSSR count). The normalized spacial score (nSPS) is 14.6. The largest absolute Gasteiger partial charge is 0.314 e. The van der Waals surface area contributed by atoms with Gasteiger partial charge in [0.1, 0.15) is 0 Å². The van der Waals surface area contributed by atoms with Crippen molar-refractivity contribution in [3.8, 4) is 0 Å². The Morgan fingerprint density at radius 2 is 0.621 bits per heavy atom. The van der Waals surface area contributed by atoms with E-state index in [-0.39, 0.29) is 18.0 Å². The van der Waals surface area contributed by atoms with Gasteiger partial charge >= 0.3 is 0 Å². The van der Waals surface area contributed by atoms with E-state index in [0.717, 1.165) is 31.6 Å². The van der Waals surface area contributed by atoms with Crippen LogP contribution in [0, 0.1) is 11.8 Å². The lowest BCUT2D eigenvalue weighted by atomic mass is 9.90. The van der Waals surface area contributed by atoms with Gasteiger partial charge in [0.2, 0.25) is 0 Å². The van der Waals surface area contributed by atoms with Gasteiger partial charge in [-0.1, -0.05) is 259 Å². The number of carbonyl (C=O) groups excluding carboxylic acids is 2. The number of amides is 2. The average molecular weight is 810 g/mol. The molecular formula is C54H100N2O2. The number of hydrogen-bond acceptors (Lipinski definition) is 2. The molecule has 4 heteroatoms. The Labute approximate surface area is 364 Å². The van der Waals surface area contributed by atoms with Crippen LogP contribution < -0.4 is 0 Å². The fourth-order valence-electron chi connectivity index (χ4n) is 9.68. The van der Waals surface area contributed by atoms with E-state index in [1.165, 1.54) is 231 Å². The van der Waals surface area contributed by atoms with Crippen molar-refractivity contribution in [2.45, 2.75) is 285 Å². The third-order valence-electron chi connectivity index (χ3n) is 13.6. The van der Waals surface area contributed by atoms with Crippen molar-refractivity contribution >= 4 is 11.8 Å². The fourth-order valence-corrected chi connectivity index (χ4v) is 9.68. The Balaban J connectivity index is 1.83. The molecule has 0 aromatic carbocycles. The van der Waals surface area contributed by atoms with E-state index in [9.17, 15) is 9.59 Å². The van der Waals surface area contributed by atoms with Crippen molar-refractivity contribution in [1.82, 2.24) is 9.80 Å². The number of fused-ring (bicyclic) bond motifs is 1. The topological polar surface area (TPSA) is 40.6 Å². The molecule has 338 valence electrons. The molecule has 2 aliphatic heterocycles. The van der Waals surface area contributed by atoms with Gasteiger partial charge < -0.3 is 9.80 Å². The first kappa shape index (κ1) is 50.8. The summed E-state index contributed by atoms with van der Waals surface area (Å²) in [6, 6.07) is 0. The highest BCUT2D eigenvalue weighted by Crippen LogP contribution is 2.32. The minimum atomic E-state index is -0.120. The summed E-state index contributed by atoms with van der Waals surface area (Å²) in [6.45, 7) is 10.4. The van der Waals surface area contributed by atoms with Crippen LogP contribution in [0.4, 0.5) is 0 Å². The van der Waals surface area contributed by atoms with Gasteiger partial charge in [-0.2, -0.15) is 0 Å². The van der Waals surface area contributed by atoms with E-state index in [0.29, 0.717) is 30.2 Å². The lowest BCUT2D eigenvalue weighted by Gasteiger charge is -2.20. The minimum absolute atomic E-state index is 0.120. The van der Waals surface area contributed by atoms with Gasteiger partial charge in [0.05, 0.1) is 12.5 Å². The van der Waals surface area contributed by atoms with Gasteiger partial charge in [-0.25, -0.2) is 0 Å². The molecule has 0 radical (unpaired) electrons. The van der Waals surface area contributed by atoms with Crippen LogP contribution in [0.5, 0.6) is 0 Å². The molecule has 0 saturated heterocycles. The number of rotatable bonds is 44. The van der Waals surface area contributed by atoms with Crippen molar-refractivity contribution in [2.24, 2.45) is 11.8 Å². The second-order valence-corrected chi connectivity index (χ2v) is 19.1. The lowest BCUT2D eigenvalue weighted by Crippen LogP contribution is -2.26. The Morgan fingerprint density at radius 3 is 0.931 bits per heavy atom. The maximum atomic E-state index is 13.6. The summed E-state index contributed by atoms with van der Waals surface area (Å²) in [5.41, 5.74) is 0.836. The molecule has 0 N–H and O–H groups in total. The molecule has 0 bridgehead atoms. The predicted octanol–water partition coefficient (Wildman–Crippen LogP) is 17.4. The molecule has 0 atom stereocenters. The van der Waals surface area contributed by atoms with Crippen molar-refractivity contribution in [2.75, 3.05) is 13.1 Å². The summed E-state index contributed by atoms with van der Waals surface area (Å²) in [7, 11) is 0. The Hall–Kier alpha value is -1.58. The first-order valence-corrected chi connectivity index (χ1v) is 26.5. The molecule has 0 unspecified atom stereocenters. The average Bonchev–Trinajstić information content (AvgIpc) is 3.69. The number of carbonyl (C=O) groups is 2. The van der Waals surface area contributed by atoms with Gasteiger partial charge in [0, 0.05) is 25.5 Å². The zero-order valence-electron chi connectivity index (χ0n) is 40.6. The molecule has 0 aliphatic carbocycles. The highest BCUT2D eigenvalue weighted by Gasteiger charge is 2.38. The summed E-state index contributed by atoms with van der Waals surface area (Å²) in [6.07, 6.45) is 55.0. The molecule has 2 heterocycles. The van der Waals surface area contributed by atoms with E-state index >= 15 is 0 Å². The maximum Gasteiger partial charge on any atom is 0.260 e. The van der Waals surface area contributed by atoms with Crippen molar-refractivity contribution < 1.29 is 11.0 Å². The van der Waals surface area contributed by atoms with E-state index in [4.69, 9.17) is 1.37 Å². The van der Waals surface area contributed by atoms with Crippen LogP contribution in [-0.2, 0) is 9.59 Å². The first-order valence-electron chi connectivity index (χ1n) is 27.0. The Kier molecular flexibility index (Phi) is 32.6. The van der Waals surface area contributed by atoms with Crippen LogP contribution >= 0.6 is 0 Å². The molecule has 58 heavy (non-hydrogen) atoms. The van der Waals surface area contributed by atoms with E-state index in [2.05, 4.69) is 27.7 Å². The lowest BCUT2D eigenvalue weighted by molar-refractivity contribution is -0.124. The Morgan fingerprint density at radius 1 is 0.362 bits per heavy atom. The summed E-state index contributed by atoms with van der Waals surface area (Å²) >= 11 is 0. The zero-order chi connectivity index (χ0) is 42.6. The molecule has 0 fully saturated rings. The van der Waals surface area contributed by atoms with Crippen LogP contribution in [0.3, 0.4) is 0 Å². The molecular weight excluding hydrogens is 709 g/mol. The molecule has 2 amide bonds. The third-order valence-corrected chi connectivity index (χ3v) is 13.6. The number of unbranched alkanes of at least 4 members (excludes halogenated alkanes) is 28. The number of hydrogen-bond donors (Lipinski definition) is 0. The highest BCUT2D eigenvalue weighted by atomic mass is 16.2. The highest BCUT2D eigenvalue weighted by molar-refractivity contribution is 6.17. The second-order valence-electron chi connectivity index (χ2n) is 19.1. The summed E-state index contributed by atoms with van der Waals surface area (Å²) < 4.78 is 8.94. The van der Waals surface area contributed by atoms with Crippen molar-refractivity contribution in [3.05, 3.63) is 23.5 Å². The summed E-state index contributed by atoms with van der Waals surface area (Å²) in [5.74, 6) is 1.20. The molecule has 4 nitrogen and oxygen atoms in total. The molecule has 0 aromatic rings. The SMILES string of the molecule is [2H]C1=C2C(=O)N(CCCC(CCCCCCCCCC)CCCCCCCCCC)C=C2C(=O)N1CCCC(CCCCCCCCCC)CCCCCCCCCC. The maximum absolute atomic E-state index is 13.6. The smallest absolute Gasteiger partial charge is 0.260 e. The molecule has 0 spiro atoms. The van der Waals surface area contributed by atoms with E-state index < -0.39 is 0 Å². The van der Waals surface area contributed by atoms with Crippen LogP contribution in [-0.4, -0.2) is 34.7 Å². The standard InChI is InChI=1S/C54H100N2O2/c1-5-9-13-17-21-25-29-33-39-49(40-34-30-26-22-18-14-10-6-2)43-37-45-55-47-51-52(53(55)57)48-56(54(51)58)46-38-44-50(41-35-31-27-23-19-15-11-7-3)42-36-32-28-24-20-16-12-8-4/h47-50H,5-46H2,1-4H3/i47D. The predicted molar refractivity (Wildman–Crippen MR) is 254 cm³/mol. The summed E-state index contributed by atoms with van der Waals surface area (Å²) in [5, 5.41) is 0. The van der Waals surface area contributed by atoms with Crippen molar-refractivity contribution in [1.29, 1.82) is 0 Å². The van der Waals surface area contributed by atoms with Gasteiger partial charge in [-0.05, 0) is 37.5 Å².